The van der Waals surface area contributed by atoms with Crippen molar-refractivity contribution in [1.82, 2.24) is 5.32 Å². The molecule has 1 atom stereocenters. The zero-order valence-corrected chi connectivity index (χ0v) is 10.7. The SMILES string of the molecule is CC(C)(C)CNC(=O)C1CNc2ccccc21. The summed E-state index contributed by atoms with van der Waals surface area (Å²) in [5.74, 6) is 0.0749. The Morgan fingerprint density at radius 1 is 1.41 bits per heavy atom. The summed E-state index contributed by atoms with van der Waals surface area (Å²) in [4.78, 5) is 12.1. The van der Waals surface area contributed by atoms with E-state index in [1.807, 2.05) is 24.3 Å². The minimum Gasteiger partial charge on any atom is -0.384 e. The normalized spacial score (nSPS) is 18.4. The molecular weight excluding hydrogens is 212 g/mol. The third-order valence-electron chi connectivity index (χ3n) is 2.94. The van der Waals surface area contributed by atoms with Gasteiger partial charge in [0.15, 0.2) is 0 Å². The lowest BCUT2D eigenvalue weighted by Gasteiger charge is -2.20. The number of hydrogen-bond donors (Lipinski definition) is 2. The van der Waals surface area contributed by atoms with Crippen LogP contribution in [0, 0.1) is 5.41 Å². The van der Waals surface area contributed by atoms with Gasteiger partial charge in [-0.15, -0.1) is 0 Å². The van der Waals surface area contributed by atoms with Gasteiger partial charge in [-0.05, 0) is 17.0 Å². The second kappa shape index (κ2) is 4.40. The molecule has 2 N–H and O–H groups in total. The Morgan fingerprint density at radius 3 is 2.82 bits per heavy atom. The number of fused-ring (bicyclic) bond motifs is 1. The molecular formula is C14H20N2O. The molecule has 17 heavy (non-hydrogen) atoms. The first-order valence-corrected chi connectivity index (χ1v) is 6.08. The van der Waals surface area contributed by atoms with Crippen LogP contribution < -0.4 is 10.6 Å². The quantitative estimate of drug-likeness (QED) is 0.822. The second-order valence-corrected chi connectivity index (χ2v) is 5.80. The molecule has 1 unspecified atom stereocenters. The molecule has 1 aromatic carbocycles. The van der Waals surface area contributed by atoms with Crippen LogP contribution in [0.4, 0.5) is 5.69 Å². The van der Waals surface area contributed by atoms with Crippen molar-refractivity contribution in [3.8, 4) is 0 Å². The summed E-state index contributed by atoms with van der Waals surface area (Å²) < 4.78 is 0. The van der Waals surface area contributed by atoms with Crippen molar-refractivity contribution in [2.24, 2.45) is 5.41 Å². The summed E-state index contributed by atoms with van der Waals surface area (Å²) in [6.07, 6.45) is 0. The first-order chi connectivity index (χ1) is 7.97. The molecule has 0 fully saturated rings. The van der Waals surface area contributed by atoms with Crippen LogP contribution >= 0.6 is 0 Å². The van der Waals surface area contributed by atoms with Crippen LogP contribution in [-0.4, -0.2) is 19.0 Å². The van der Waals surface area contributed by atoms with Crippen LogP contribution in [0.5, 0.6) is 0 Å². The van der Waals surface area contributed by atoms with Gasteiger partial charge in [-0.3, -0.25) is 4.79 Å². The van der Waals surface area contributed by atoms with Crippen LogP contribution in [0.3, 0.4) is 0 Å². The third kappa shape index (κ3) is 2.78. The van der Waals surface area contributed by atoms with E-state index in [1.54, 1.807) is 0 Å². The number of carbonyl (C=O) groups is 1. The molecule has 0 saturated heterocycles. The van der Waals surface area contributed by atoms with Crippen molar-refractivity contribution >= 4 is 11.6 Å². The number of rotatable bonds is 2. The summed E-state index contributed by atoms with van der Waals surface area (Å²) in [6.45, 7) is 7.77. The summed E-state index contributed by atoms with van der Waals surface area (Å²) in [6, 6.07) is 8.01. The van der Waals surface area contributed by atoms with E-state index in [2.05, 4.69) is 31.4 Å². The molecule has 0 radical (unpaired) electrons. The lowest BCUT2D eigenvalue weighted by molar-refractivity contribution is -0.122. The fourth-order valence-corrected chi connectivity index (χ4v) is 1.99. The Labute approximate surface area is 103 Å². The second-order valence-electron chi connectivity index (χ2n) is 5.80. The largest absolute Gasteiger partial charge is 0.384 e. The standard InChI is InChI=1S/C14H20N2O/c1-14(2,3)9-16-13(17)11-8-15-12-7-5-4-6-10(11)12/h4-7,11,15H,8-9H2,1-3H3,(H,16,17). The molecule has 0 spiro atoms. The molecule has 0 saturated carbocycles. The molecule has 1 aromatic rings. The molecule has 2 rings (SSSR count). The maximum Gasteiger partial charge on any atom is 0.229 e. The number of hydrogen-bond acceptors (Lipinski definition) is 2. The molecule has 1 amide bonds. The van der Waals surface area contributed by atoms with Crippen LogP contribution in [-0.2, 0) is 4.79 Å². The monoisotopic (exact) mass is 232 g/mol. The summed E-state index contributed by atoms with van der Waals surface area (Å²) in [7, 11) is 0. The molecule has 1 heterocycles. The zero-order chi connectivity index (χ0) is 12.5. The van der Waals surface area contributed by atoms with Gasteiger partial charge in [0.1, 0.15) is 0 Å². The van der Waals surface area contributed by atoms with E-state index >= 15 is 0 Å². The van der Waals surface area contributed by atoms with Gasteiger partial charge in [-0.25, -0.2) is 0 Å². The molecule has 0 bridgehead atoms. The van der Waals surface area contributed by atoms with Crippen molar-refractivity contribution in [1.29, 1.82) is 0 Å². The maximum atomic E-state index is 12.1. The van der Waals surface area contributed by atoms with Crippen LogP contribution in [0.1, 0.15) is 32.3 Å². The van der Waals surface area contributed by atoms with Gasteiger partial charge < -0.3 is 10.6 Å². The summed E-state index contributed by atoms with van der Waals surface area (Å²) in [5.41, 5.74) is 2.32. The van der Waals surface area contributed by atoms with Crippen molar-refractivity contribution in [3.05, 3.63) is 29.8 Å². The van der Waals surface area contributed by atoms with Crippen LogP contribution in [0.15, 0.2) is 24.3 Å². The Hall–Kier alpha value is -1.51. The van der Waals surface area contributed by atoms with E-state index in [0.29, 0.717) is 13.1 Å². The van der Waals surface area contributed by atoms with E-state index in [4.69, 9.17) is 0 Å². The van der Waals surface area contributed by atoms with Crippen molar-refractivity contribution < 1.29 is 4.79 Å². The van der Waals surface area contributed by atoms with Gasteiger partial charge in [0.25, 0.3) is 0 Å². The predicted molar refractivity (Wildman–Crippen MR) is 70.1 cm³/mol. The fourth-order valence-electron chi connectivity index (χ4n) is 1.99. The highest BCUT2D eigenvalue weighted by Gasteiger charge is 2.28. The van der Waals surface area contributed by atoms with Gasteiger partial charge >= 0.3 is 0 Å². The van der Waals surface area contributed by atoms with Gasteiger partial charge in [0.2, 0.25) is 5.91 Å². The van der Waals surface area contributed by atoms with E-state index in [0.717, 1.165) is 11.3 Å². The number of nitrogens with one attached hydrogen (secondary N) is 2. The Bertz CT molecular complexity index is 420. The third-order valence-corrected chi connectivity index (χ3v) is 2.94. The highest BCUT2D eigenvalue weighted by molar-refractivity contribution is 5.88. The smallest absolute Gasteiger partial charge is 0.229 e. The van der Waals surface area contributed by atoms with Crippen molar-refractivity contribution in [3.63, 3.8) is 0 Å². The summed E-state index contributed by atoms with van der Waals surface area (Å²) in [5, 5.41) is 6.29. The zero-order valence-electron chi connectivity index (χ0n) is 10.7. The van der Waals surface area contributed by atoms with E-state index in [1.165, 1.54) is 0 Å². The highest BCUT2D eigenvalue weighted by atomic mass is 16.1. The van der Waals surface area contributed by atoms with Gasteiger partial charge in [0.05, 0.1) is 5.92 Å². The van der Waals surface area contributed by atoms with Gasteiger partial charge in [-0.1, -0.05) is 39.0 Å². The number of benzene rings is 1. The molecule has 0 aliphatic carbocycles. The Balaban J connectivity index is 2.03. The van der Waals surface area contributed by atoms with Crippen molar-refractivity contribution in [2.75, 3.05) is 18.4 Å². The predicted octanol–water partition coefficient (Wildman–Crippen LogP) is 2.36. The molecule has 3 heteroatoms. The Kier molecular flexibility index (Phi) is 3.09. The number of anilines is 1. The minimum atomic E-state index is -0.0476. The number of carbonyl (C=O) groups excluding carboxylic acids is 1. The molecule has 1 aliphatic rings. The van der Waals surface area contributed by atoms with Crippen LogP contribution in [0.25, 0.3) is 0 Å². The minimum absolute atomic E-state index is 0.0476. The molecule has 1 aliphatic heterocycles. The van der Waals surface area contributed by atoms with Gasteiger partial charge in [0, 0.05) is 18.8 Å². The number of amides is 1. The van der Waals surface area contributed by atoms with Crippen molar-refractivity contribution in [2.45, 2.75) is 26.7 Å². The molecule has 92 valence electrons. The average molecular weight is 232 g/mol. The van der Waals surface area contributed by atoms with Crippen LogP contribution in [0.2, 0.25) is 0 Å². The van der Waals surface area contributed by atoms with E-state index < -0.39 is 0 Å². The van der Waals surface area contributed by atoms with E-state index in [9.17, 15) is 4.79 Å². The first kappa shape index (κ1) is 12.0. The topological polar surface area (TPSA) is 41.1 Å². The Morgan fingerprint density at radius 2 is 2.12 bits per heavy atom. The highest BCUT2D eigenvalue weighted by Crippen LogP contribution is 2.31. The average Bonchev–Trinajstić information content (AvgIpc) is 2.68. The molecule has 0 aromatic heterocycles. The summed E-state index contributed by atoms with van der Waals surface area (Å²) >= 11 is 0. The fraction of sp³-hybridized carbons (Fsp3) is 0.500. The lowest BCUT2D eigenvalue weighted by atomic mass is 9.95. The lowest BCUT2D eigenvalue weighted by Crippen LogP contribution is -2.36. The van der Waals surface area contributed by atoms with E-state index in [-0.39, 0.29) is 17.2 Å². The molecule has 3 nitrogen and oxygen atoms in total. The number of para-hydroxylation sites is 1. The maximum absolute atomic E-state index is 12.1. The first-order valence-electron chi connectivity index (χ1n) is 6.08. The van der Waals surface area contributed by atoms with Gasteiger partial charge in [-0.2, -0.15) is 0 Å².